The van der Waals surface area contributed by atoms with Crippen molar-refractivity contribution in [2.45, 2.75) is 25.8 Å². The van der Waals surface area contributed by atoms with Gasteiger partial charge in [-0.2, -0.15) is 0 Å². The second-order valence-electron chi connectivity index (χ2n) is 4.96. The average molecular weight is 313 g/mol. The molecule has 0 radical (unpaired) electrons. The van der Waals surface area contributed by atoms with E-state index in [1.165, 1.54) is 15.5 Å². The van der Waals surface area contributed by atoms with Gasteiger partial charge in [-0.1, -0.05) is 0 Å². The summed E-state index contributed by atoms with van der Waals surface area (Å²) in [6, 6.07) is 0. The number of halogens is 1. The van der Waals surface area contributed by atoms with Gasteiger partial charge in [0.1, 0.15) is 5.78 Å². The second-order valence-corrected chi connectivity index (χ2v) is 5.22. The van der Waals surface area contributed by atoms with Crippen LogP contribution in [-0.2, 0) is 25.4 Å². The van der Waals surface area contributed by atoms with Crippen molar-refractivity contribution in [2.24, 2.45) is 14.1 Å². The summed E-state index contributed by atoms with van der Waals surface area (Å²) in [6.45, 7) is 0.280. The zero-order chi connectivity index (χ0) is 15.6. The third kappa shape index (κ3) is 2.92. The maximum atomic E-state index is 12.4. The molecule has 0 saturated heterocycles. The molecule has 7 nitrogen and oxygen atoms in total. The highest BCUT2D eigenvalue weighted by molar-refractivity contribution is 6.27. The number of unbranched alkanes of at least 4 members (excludes halogenated alkanes) is 1. The number of carbonyl (C=O) groups excluding carboxylic acids is 1. The highest BCUT2D eigenvalue weighted by Gasteiger charge is 2.14. The number of carbonyl (C=O) groups is 1. The van der Waals surface area contributed by atoms with Crippen LogP contribution in [-0.4, -0.2) is 30.3 Å². The number of Topliss-reactive ketones (excluding diaryl/α,β-unsaturated/α-hetero) is 1. The maximum Gasteiger partial charge on any atom is 0.332 e. The van der Waals surface area contributed by atoms with Gasteiger partial charge in [-0.3, -0.25) is 18.7 Å². The van der Waals surface area contributed by atoms with Gasteiger partial charge in [-0.25, -0.2) is 9.78 Å². The predicted molar refractivity (Wildman–Crippen MR) is 79.8 cm³/mol. The number of hydrogen-bond donors (Lipinski definition) is 0. The van der Waals surface area contributed by atoms with Gasteiger partial charge in [0.2, 0.25) is 0 Å². The minimum atomic E-state index is -0.394. The van der Waals surface area contributed by atoms with Crippen molar-refractivity contribution in [1.29, 1.82) is 0 Å². The Morgan fingerprint density at radius 1 is 1.29 bits per heavy atom. The van der Waals surface area contributed by atoms with Crippen LogP contribution >= 0.6 is 11.6 Å². The summed E-state index contributed by atoms with van der Waals surface area (Å²) >= 11 is 5.42. The van der Waals surface area contributed by atoms with E-state index in [2.05, 4.69) is 4.98 Å². The first kappa shape index (κ1) is 15.5. The summed E-state index contributed by atoms with van der Waals surface area (Å²) in [6.07, 6.45) is 3.05. The van der Waals surface area contributed by atoms with E-state index < -0.39 is 5.69 Å². The van der Waals surface area contributed by atoms with E-state index in [9.17, 15) is 14.4 Å². The van der Waals surface area contributed by atoms with Gasteiger partial charge < -0.3 is 4.57 Å². The summed E-state index contributed by atoms with van der Waals surface area (Å²) < 4.78 is 4.15. The summed E-state index contributed by atoms with van der Waals surface area (Å²) in [5.74, 6) is -0.0260. The lowest BCUT2D eigenvalue weighted by atomic mass is 10.2. The molecule has 0 spiro atoms. The molecular weight excluding hydrogens is 296 g/mol. The molecule has 114 valence electrons. The van der Waals surface area contributed by atoms with Crippen molar-refractivity contribution in [3.05, 3.63) is 27.2 Å². The molecular formula is C13H17ClN4O3. The number of imidazole rings is 1. The fourth-order valence-corrected chi connectivity index (χ4v) is 2.39. The van der Waals surface area contributed by atoms with Crippen LogP contribution in [0.2, 0.25) is 0 Å². The molecule has 0 N–H and O–H groups in total. The van der Waals surface area contributed by atoms with E-state index in [1.807, 2.05) is 0 Å². The highest BCUT2D eigenvalue weighted by atomic mass is 35.5. The van der Waals surface area contributed by atoms with E-state index in [1.54, 1.807) is 18.7 Å². The molecule has 0 aliphatic rings. The van der Waals surface area contributed by atoms with Crippen LogP contribution in [0.4, 0.5) is 0 Å². The number of nitrogens with zero attached hydrogens (tertiary/aromatic N) is 4. The van der Waals surface area contributed by atoms with Gasteiger partial charge >= 0.3 is 5.69 Å². The van der Waals surface area contributed by atoms with E-state index >= 15 is 0 Å². The fourth-order valence-electron chi connectivity index (χ4n) is 2.25. The Morgan fingerprint density at radius 3 is 2.67 bits per heavy atom. The van der Waals surface area contributed by atoms with Gasteiger partial charge in [-0.15, -0.1) is 11.6 Å². The van der Waals surface area contributed by atoms with Gasteiger partial charge in [0, 0.05) is 27.1 Å². The Balaban J connectivity index is 2.28. The normalized spacial score (nSPS) is 11.2. The van der Waals surface area contributed by atoms with Crippen molar-refractivity contribution < 1.29 is 4.79 Å². The molecule has 0 aliphatic carbocycles. The van der Waals surface area contributed by atoms with Crippen LogP contribution in [0.25, 0.3) is 11.2 Å². The molecule has 0 atom stereocenters. The summed E-state index contributed by atoms with van der Waals surface area (Å²) in [4.78, 5) is 39.7. The Hall–Kier alpha value is -1.89. The lowest BCUT2D eigenvalue weighted by Gasteiger charge is -2.08. The summed E-state index contributed by atoms with van der Waals surface area (Å²) in [5.41, 5.74) is 0.0293. The smallest absolute Gasteiger partial charge is 0.328 e. The Bertz CT molecular complexity index is 787. The first-order valence-corrected chi connectivity index (χ1v) is 7.19. The SMILES string of the molecule is Cn1cnc2c1c(=O)n(CCCCC(=O)CCl)c(=O)n2C. The average Bonchev–Trinajstić information content (AvgIpc) is 2.86. The third-order valence-electron chi connectivity index (χ3n) is 3.44. The van der Waals surface area contributed by atoms with Crippen molar-refractivity contribution in [3.63, 3.8) is 0 Å². The molecule has 0 fully saturated rings. The lowest BCUT2D eigenvalue weighted by molar-refractivity contribution is -0.116. The van der Waals surface area contributed by atoms with Crippen molar-refractivity contribution in [2.75, 3.05) is 5.88 Å². The second kappa shape index (κ2) is 6.26. The lowest BCUT2D eigenvalue weighted by Crippen LogP contribution is -2.39. The van der Waals surface area contributed by atoms with Crippen LogP contribution in [0, 0.1) is 0 Å². The van der Waals surface area contributed by atoms with E-state index in [4.69, 9.17) is 11.6 Å². The largest absolute Gasteiger partial charge is 0.332 e. The summed E-state index contributed by atoms with van der Waals surface area (Å²) in [7, 11) is 3.30. The molecule has 0 saturated carbocycles. The van der Waals surface area contributed by atoms with E-state index in [0.29, 0.717) is 30.4 Å². The Morgan fingerprint density at radius 2 is 2.00 bits per heavy atom. The third-order valence-corrected chi connectivity index (χ3v) is 3.74. The minimum Gasteiger partial charge on any atom is -0.328 e. The first-order valence-electron chi connectivity index (χ1n) is 6.66. The predicted octanol–water partition coefficient (Wildman–Crippen LogP) is 0.412. The van der Waals surface area contributed by atoms with Crippen LogP contribution < -0.4 is 11.2 Å². The van der Waals surface area contributed by atoms with Gasteiger partial charge in [0.25, 0.3) is 5.56 Å². The first-order chi connectivity index (χ1) is 9.97. The van der Waals surface area contributed by atoms with Crippen LogP contribution in [0.5, 0.6) is 0 Å². The number of hydrogen-bond acceptors (Lipinski definition) is 4. The van der Waals surface area contributed by atoms with Crippen LogP contribution in [0.1, 0.15) is 19.3 Å². The zero-order valence-electron chi connectivity index (χ0n) is 12.0. The number of aryl methyl sites for hydroxylation is 2. The quantitative estimate of drug-likeness (QED) is 0.572. The van der Waals surface area contributed by atoms with Gasteiger partial charge in [0.05, 0.1) is 12.2 Å². The van der Waals surface area contributed by atoms with E-state index in [-0.39, 0.29) is 23.8 Å². The maximum absolute atomic E-state index is 12.4. The molecule has 0 aromatic carbocycles. The number of rotatable bonds is 6. The monoisotopic (exact) mass is 312 g/mol. The molecule has 2 heterocycles. The number of ketones is 1. The molecule has 0 amide bonds. The molecule has 2 aromatic rings. The Kier molecular flexibility index (Phi) is 4.62. The van der Waals surface area contributed by atoms with E-state index in [0.717, 1.165) is 0 Å². The molecule has 0 aliphatic heterocycles. The summed E-state index contributed by atoms with van der Waals surface area (Å²) in [5, 5.41) is 0. The van der Waals surface area contributed by atoms with Crippen molar-refractivity contribution in [3.8, 4) is 0 Å². The number of aromatic nitrogens is 4. The molecule has 21 heavy (non-hydrogen) atoms. The molecule has 8 heteroatoms. The Labute approximate surface area is 125 Å². The standard InChI is InChI=1S/C13H17ClN4O3/c1-16-8-15-11-10(16)12(20)18(13(21)17(11)2)6-4-3-5-9(19)7-14/h8H,3-7H2,1-2H3. The molecule has 0 unspecified atom stereocenters. The molecule has 0 bridgehead atoms. The number of fused-ring (bicyclic) bond motifs is 1. The van der Waals surface area contributed by atoms with Crippen LogP contribution in [0.15, 0.2) is 15.9 Å². The van der Waals surface area contributed by atoms with Crippen LogP contribution in [0.3, 0.4) is 0 Å². The fraction of sp³-hybridized carbons (Fsp3) is 0.538. The van der Waals surface area contributed by atoms with Crippen molar-refractivity contribution in [1.82, 2.24) is 18.7 Å². The zero-order valence-corrected chi connectivity index (χ0v) is 12.8. The van der Waals surface area contributed by atoms with Gasteiger partial charge in [-0.05, 0) is 12.8 Å². The minimum absolute atomic E-state index is 0.00267. The number of alkyl halides is 1. The van der Waals surface area contributed by atoms with Gasteiger partial charge in [0.15, 0.2) is 11.2 Å². The molecule has 2 aromatic heterocycles. The highest BCUT2D eigenvalue weighted by Crippen LogP contribution is 2.04. The van der Waals surface area contributed by atoms with Crippen molar-refractivity contribution >= 4 is 28.5 Å². The molecule has 2 rings (SSSR count). The topological polar surface area (TPSA) is 78.9 Å².